The van der Waals surface area contributed by atoms with Gasteiger partial charge in [0.1, 0.15) is 0 Å². The number of non-ortho nitro benzene ring substituents is 1. The van der Waals surface area contributed by atoms with Crippen molar-refractivity contribution < 1.29 is 9.72 Å². The minimum Gasteiger partial charge on any atom is -0.273 e. The molecule has 3 rings (SSSR count). The van der Waals surface area contributed by atoms with Crippen LogP contribution in [0.1, 0.15) is 11.1 Å². The summed E-state index contributed by atoms with van der Waals surface area (Å²) in [5.41, 5.74) is 4.08. The third-order valence-electron chi connectivity index (χ3n) is 3.74. The highest BCUT2D eigenvalue weighted by Crippen LogP contribution is 2.18. The van der Waals surface area contributed by atoms with Gasteiger partial charge in [0, 0.05) is 12.1 Å². The van der Waals surface area contributed by atoms with Crippen LogP contribution in [0.25, 0.3) is 10.8 Å². The Morgan fingerprint density at radius 1 is 1.04 bits per heavy atom. The number of carbonyl (C=O) groups is 1. The second-order valence-corrected chi connectivity index (χ2v) is 5.46. The smallest absolute Gasteiger partial charge is 0.269 e. The van der Waals surface area contributed by atoms with Gasteiger partial charge in [-0.25, -0.2) is 5.43 Å². The quantitative estimate of drug-likeness (QED) is 0.441. The lowest BCUT2D eigenvalue weighted by molar-refractivity contribution is -0.384. The molecular formula is C19H15N3O3. The second kappa shape index (κ2) is 7.35. The monoisotopic (exact) mass is 333 g/mol. The van der Waals surface area contributed by atoms with E-state index in [1.54, 1.807) is 12.1 Å². The van der Waals surface area contributed by atoms with Gasteiger partial charge >= 0.3 is 0 Å². The first-order valence-electron chi connectivity index (χ1n) is 7.66. The van der Waals surface area contributed by atoms with Crippen LogP contribution in [0.5, 0.6) is 0 Å². The Morgan fingerprint density at radius 3 is 2.52 bits per heavy atom. The maximum Gasteiger partial charge on any atom is 0.269 e. The molecule has 3 aromatic rings. The maximum absolute atomic E-state index is 12.1. The summed E-state index contributed by atoms with van der Waals surface area (Å²) in [5.74, 6) is -0.227. The number of hydrogen-bond donors (Lipinski definition) is 1. The first-order chi connectivity index (χ1) is 12.1. The molecule has 0 aliphatic carbocycles. The number of fused-ring (bicyclic) bond motifs is 1. The molecule has 6 heteroatoms. The minimum absolute atomic E-state index is 0.0112. The lowest BCUT2D eigenvalue weighted by Crippen LogP contribution is -2.19. The molecule has 0 fully saturated rings. The van der Waals surface area contributed by atoms with Gasteiger partial charge in [-0.3, -0.25) is 14.9 Å². The van der Waals surface area contributed by atoms with E-state index in [4.69, 9.17) is 0 Å². The van der Waals surface area contributed by atoms with Crippen LogP contribution in [-0.4, -0.2) is 17.0 Å². The Morgan fingerprint density at radius 2 is 1.76 bits per heavy atom. The zero-order valence-corrected chi connectivity index (χ0v) is 13.3. The molecule has 0 unspecified atom stereocenters. The van der Waals surface area contributed by atoms with E-state index in [0.29, 0.717) is 5.56 Å². The van der Waals surface area contributed by atoms with Crippen LogP contribution >= 0.6 is 0 Å². The van der Waals surface area contributed by atoms with Crippen molar-refractivity contribution in [1.82, 2.24) is 5.43 Å². The van der Waals surface area contributed by atoms with Gasteiger partial charge in [0.05, 0.1) is 17.6 Å². The number of amides is 1. The van der Waals surface area contributed by atoms with E-state index in [-0.39, 0.29) is 18.0 Å². The molecule has 3 aromatic carbocycles. The second-order valence-electron chi connectivity index (χ2n) is 5.46. The van der Waals surface area contributed by atoms with Crippen molar-refractivity contribution >= 4 is 28.6 Å². The molecule has 1 N–H and O–H groups in total. The predicted octanol–water partition coefficient (Wildman–Crippen LogP) is 3.44. The van der Waals surface area contributed by atoms with E-state index >= 15 is 0 Å². The lowest BCUT2D eigenvalue weighted by atomic mass is 10.0. The summed E-state index contributed by atoms with van der Waals surface area (Å²) in [6.07, 6.45) is 1.67. The average Bonchev–Trinajstić information content (AvgIpc) is 2.62. The number of nitrogens with one attached hydrogen (secondary N) is 1. The molecular weight excluding hydrogens is 318 g/mol. The van der Waals surface area contributed by atoms with Gasteiger partial charge in [-0.05, 0) is 34.0 Å². The third kappa shape index (κ3) is 4.06. The van der Waals surface area contributed by atoms with Gasteiger partial charge in [0.15, 0.2) is 0 Å². The van der Waals surface area contributed by atoms with E-state index in [0.717, 1.165) is 16.3 Å². The predicted molar refractivity (Wildman–Crippen MR) is 96.5 cm³/mol. The molecule has 25 heavy (non-hydrogen) atoms. The summed E-state index contributed by atoms with van der Waals surface area (Å²) in [5, 5.41) is 16.6. The van der Waals surface area contributed by atoms with Crippen molar-refractivity contribution in [2.45, 2.75) is 6.42 Å². The van der Waals surface area contributed by atoms with Crippen molar-refractivity contribution in [1.29, 1.82) is 0 Å². The Bertz CT molecular complexity index is 944. The molecule has 0 atom stereocenters. The fraction of sp³-hybridized carbons (Fsp3) is 0.0526. The van der Waals surface area contributed by atoms with Crippen LogP contribution in [-0.2, 0) is 11.2 Å². The van der Waals surface area contributed by atoms with Crippen molar-refractivity contribution in [2.24, 2.45) is 5.10 Å². The van der Waals surface area contributed by atoms with Gasteiger partial charge in [-0.1, -0.05) is 42.5 Å². The van der Waals surface area contributed by atoms with Gasteiger partial charge in [-0.15, -0.1) is 0 Å². The van der Waals surface area contributed by atoms with Crippen LogP contribution < -0.4 is 5.43 Å². The van der Waals surface area contributed by atoms with Crippen LogP contribution in [0.2, 0.25) is 0 Å². The van der Waals surface area contributed by atoms with E-state index in [2.05, 4.69) is 10.5 Å². The van der Waals surface area contributed by atoms with Gasteiger partial charge in [0.2, 0.25) is 5.91 Å². The Hall–Kier alpha value is -3.54. The molecule has 0 aromatic heterocycles. The number of rotatable bonds is 5. The highest BCUT2D eigenvalue weighted by molar-refractivity contribution is 5.90. The zero-order valence-electron chi connectivity index (χ0n) is 13.3. The normalized spacial score (nSPS) is 10.9. The first-order valence-corrected chi connectivity index (χ1v) is 7.66. The first kappa shape index (κ1) is 16.3. The van der Waals surface area contributed by atoms with Crippen LogP contribution in [0.3, 0.4) is 0 Å². The molecule has 6 nitrogen and oxygen atoms in total. The minimum atomic E-state index is -0.465. The molecule has 0 bridgehead atoms. The topological polar surface area (TPSA) is 84.6 Å². The highest BCUT2D eigenvalue weighted by atomic mass is 16.6. The summed E-state index contributed by atoms with van der Waals surface area (Å²) in [4.78, 5) is 22.2. The number of nitro benzene ring substituents is 1. The number of nitrogens with zero attached hydrogens (tertiary/aromatic N) is 2. The lowest BCUT2D eigenvalue weighted by Gasteiger charge is -2.05. The van der Waals surface area contributed by atoms with Crippen LogP contribution in [0.15, 0.2) is 71.8 Å². The van der Waals surface area contributed by atoms with Gasteiger partial charge in [-0.2, -0.15) is 5.10 Å². The van der Waals surface area contributed by atoms with Crippen molar-refractivity contribution in [3.05, 3.63) is 88.0 Å². The summed E-state index contributed by atoms with van der Waals surface area (Å²) < 4.78 is 0. The van der Waals surface area contributed by atoms with E-state index in [9.17, 15) is 14.9 Å². The number of hydrogen-bond acceptors (Lipinski definition) is 4. The van der Waals surface area contributed by atoms with Crippen molar-refractivity contribution in [3.63, 3.8) is 0 Å². The van der Waals surface area contributed by atoms with Gasteiger partial charge in [0.25, 0.3) is 5.69 Å². The van der Waals surface area contributed by atoms with E-state index in [1.807, 2.05) is 42.5 Å². The number of benzene rings is 3. The fourth-order valence-corrected chi connectivity index (χ4v) is 2.52. The SMILES string of the molecule is O=C(Cc1cccc2ccccc12)N/N=C\c1ccc([N+](=O)[O-])cc1. The Kier molecular flexibility index (Phi) is 4.80. The number of hydrazone groups is 1. The van der Waals surface area contributed by atoms with E-state index in [1.165, 1.54) is 18.3 Å². The molecule has 0 spiro atoms. The molecule has 1 amide bonds. The fourth-order valence-electron chi connectivity index (χ4n) is 2.52. The van der Waals surface area contributed by atoms with Gasteiger partial charge < -0.3 is 0 Å². The molecule has 0 saturated heterocycles. The molecule has 124 valence electrons. The zero-order chi connectivity index (χ0) is 17.6. The summed E-state index contributed by atoms with van der Waals surface area (Å²) in [7, 11) is 0. The Balaban J connectivity index is 1.63. The largest absolute Gasteiger partial charge is 0.273 e. The maximum atomic E-state index is 12.1. The molecule has 0 aliphatic heterocycles. The molecule has 0 heterocycles. The number of carbonyl (C=O) groups excluding carboxylic acids is 1. The molecule has 0 radical (unpaired) electrons. The van der Waals surface area contributed by atoms with E-state index < -0.39 is 4.92 Å². The van der Waals surface area contributed by atoms with Crippen molar-refractivity contribution in [2.75, 3.05) is 0 Å². The van der Waals surface area contributed by atoms with Crippen LogP contribution in [0, 0.1) is 10.1 Å². The number of nitro groups is 1. The standard InChI is InChI=1S/C19H15N3O3/c23-19(12-16-6-3-5-15-4-1-2-7-18(15)16)21-20-13-14-8-10-17(11-9-14)22(24)25/h1-11,13H,12H2,(H,21,23)/b20-13-. The van der Waals surface area contributed by atoms with Crippen LogP contribution in [0.4, 0.5) is 5.69 Å². The summed E-state index contributed by atoms with van der Waals surface area (Å²) in [6.45, 7) is 0. The summed E-state index contributed by atoms with van der Waals surface area (Å²) in [6, 6.07) is 19.6. The highest BCUT2D eigenvalue weighted by Gasteiger charge is 2.06. The average molecular weight is 333 g/mol. The molecule has 0 aliphatic rings. The third-order valence-corrected chi connectivity index (χ3v) is 3.74. The molecule has 0 saturated carbocycles. The summed E-state index contributed by atoms with van der Waals surface area (Å²) >= 11 is 0. The Labute approximate surface area is 143 Å². The van der Waals surface area contributed by atoms with Crippen molar-refractivity contribution in [3.8, 4) is 0 Å².